The highest BCUT2D eigenvalue weighted by Gasteiger charge is 2.39. The maximum Gasteiger partial charge on any atom is 0.310 e. The first-order valence-corrected chi connectivity index (χ1v) is 5.69. The Morgan fingerprint density at radius 3 is 3.17 bits per heavy atom. The zero-order valence-corrected chi connectivity index (χ0v) is 10.00. The molecular weight excluding hydrogens is 238 g/mol. The molecule has 1 aliphatic rings. The predicted molar refractivity (Wildman–Crippen MR) is 64.4 cm³/mol. The number of nitrogens with zero attached hydrogens (tertiary/aromatic N) is 2. The molecule has 1 aliphatic heterocycles. The molecule has 0 saturated carbocycles. The van der Waals surface area contributed by atoms with E-state index in [0.717, 1.165) is 0 Å². The molecule has 2 unspecified atom stereocenters. The Morgan fingerprint density at radius 2 is 2.56 bits per heavy atom. The number of aromatic nitrogens is 1. The molecule has 1 fully saturated rings. The van der Waals surface area contributed by atoms with Crippen molar-refractivity contribution in [2.75, 3.05) is 18.5 Å². The molecule has 2 heterocycles. The van der Waals surface area contributed by atoms with Gasteiger partial charge < -0.3 is 15.2 Å². The van der Waals surface area contributed by atoms with Crippen LogP contribution >= 0.6 is 0 Å². The molecule has 2 N–H and O–H groups in total. The summed E-state index contributed by atoms with van der Waals surface area (Å²) in [6.07, 6.45) is 2.88. The van der Waals surface area contributed by atoms with E-state index in [2.05, 4.69) is 10.3 Å². The lowest BCUT2D eigenvalue weighted by atomic mass is 9.96. The summed E-state index contributed by atoms with van der Waals surface area (Å²) in [4.78, 5) is 14.0. The van der Waals surface area contributed by atoms with E-state index in [0.29, 0.717) is 18.7 Å². The van der Waals surface area contributed by atoms with Gasteiger partial charge in [-0.2, -0.15) is 0 Å². The van der Waals surface area contributed by atoms with Gasteiger partial charge in [0, 0.05) is 25.8 Å². The van der Waals surface area contributed by atoms with Crippen LogP contribution in [-0.4, -0.2) is 39.9 Å². The van der Waals surface area contributed by atoms with Crippen molar-refractivity contribution in [2.45, 2.75) is 25.0 Å². The second-order valence-corrected chi connectivity index (χ2v) is 4.37. The minimum atomic E-state index is -0.989. The summed E-state index contributed by atoms with van der Waals surface area (Å²) in [5, 5.41) is 24.0. The van der Waals surface area contributed by atoms with Crippen LogP contribution in [0.2, 0.25) is 0 Å². The number of hydrogen-bond acceptors (Lipinski definition) is 6. The van der Waals surface area contributed by atoms with Crippen LogP contribution in [0.1, 0.15) is 13.3 Å². The second-order valence-electron chi connectivity index (χ2n) is 4.37. The summed E-state index contributed by atoms with van der Waals surface area (Å²) < 4.78 is 5.30. The molecule has 0 aromatic carbocycles. The summed E-state index contributed by atoms with van der Waals surface area (Å²) in [7, 11) is 0. The third-order valence-electron chi connectivity index (χ3n) is 3.24. The Bertz CT molecular complexity index is 454. The Kier molecular flexibility index (Phi) is 3.44. The van der Waals surface area contributed by atoms with Gasteiger partial charge in [0.25, 0.3) is 0 Å². The first-order chi connectivity index (χ1) is 8.53. The fourth-order valence-corrected chi connectivity index (χ4v) is 1.93. The largest absolute Gasteiger partial charge is 0.385 e. The Hall–Kier alpha value is -1.73. The van der Waals surface area contributed by atoms with E-state index >= 15 is 0 Å². The molecule has 0 bridgehead atoms. The highest BCUT2D eigenvalue weighted by atomic mass is 16.6. The molecule has 18 heavy (non-hydrogen) atoms. The van der Waals surface area contributed by atoms with Crippen molar-refractivity contribution in [1.82, 2.24) is 4.98 Å². The van der Waals surface area contributed by atoms with Gasteiger partial charge >= 0.3 is 5.69 Å². The lowest BCUT2D eigenvalue weighted by Gasteiger charge is -2.26. The Labute approximate surface area is 104 Å². The number of nitrogens with one attached hydrogen (secondary N) is 1. The van der Waals surface area contributed by atoms with Crippen LogP contribution < -0.4 is 5.32 Å². The Balaban J connectivity index is 2.09. The van der Waals surface area contributed by atoms with E-state index in [1.54, 1.807) is 6.92 Å². The minimum Gasteiger partial charge on any atom is -0.385 e. The van der Waals surface area contributed by atoms with Crippen LogP contribution in [0, 0.1) is 10.1 Å². The van der Waals surface area contributed by atoms with Gasteiger partial charge in [-0.15, -0.1) is 0 Å². The molecule has 2 rings (SSSR count). The fraction of sp³-hybridized carbons (Fsp3) is 0.545. The molecule has 0 radical (unpaired) electrons. The highest BCUT2D eigenvalue weighted by Crippen LogP contribution is 2.28. The quantitative estimate of drug-likeness (QED) is 0.612. The van der Waals surface area contributed by atoms with Crippen molar-refractivity contribution >= 4 is 11.4 Å². The molecule has 0 amide bonds. The van der Waals surface area contributed by atoms with Crippen LogP contribution in [0.4, 0.5) is 11.4 Å². The molecule has 1 aromatic rings. The number of aliphatic hydroxyl groups is 1. The fourth-order valence-electron chi connectivity index (χ4n) is 1.93. The molecule has 7 heteroatoms. The van der Waals surface area contributed by atoms with Crippen molar-refractivity contribution < 1.29 is 14.8 Å². The normalized spacial score (nSPS) is 27.1. The summed E-state index contributed by atoms with van der Waals surface area (Å²) >= 11 is 0. The maximum atomic E-state index is 10.8. The predicted octanol–water partition coefficient (Wildman–Crippen LogP) is 0.942. The van der Waals surface area contributed by atoms with Crippen molar-refractivity contribution in [3.05, 3.63) is 28.6 Å². The van der Waals surface area contributed by atoms with Gasteiger partial charge in [0.15, 0.2) is 0 Å². The lowest BCUT2D eigenvalue weighted by molar-refractivity contribution is -0.384. The number of nitro groups is 1. The number of anilines is 1. The van der Waals surface area contributed by atoms with Crippen molar-refractivity contribution in [1.29, 1.82) is 0 Å². The first-order valence-electron chi connectivity index (χ1n) is 5.69. The monoisotopic (exact) mass is 253 g/mol. The molecule has 7 nitrogen and oxygen atoms in total. The third kappa shape index (κ3) is 2.41. The molecular formula is C11H15N3O4. The molecule has 0 spiro atoms. The van der Waals surface area contributed by atoms with Gasteiger partial charge in [-0.1, -0.05) is 0 Å². The smallest absolute Gasteiger partial charge is 0.310 e. The average molecular weight is 253 g/mol. The third-order valence-corrected chi connectivity index (χ3v) is 3.24. The minimum absolute atomic E-state index is 0.104. The lowest BCUT2D eigenvalue weighted by Crippen LogP contribution is -2.43. The molecule has 2 atom stereocenters. The van der Waals surface area contributed by atoms with Gasteiger partial charge in [0.2, 0.25) is 0 Å². The van der Waals surface area contributed by atoms with Gasteiger partial charge in [-0.25, -0.2) is 0 Å². The van der Waals surface area contributed by atoms with E-state index in [-0.39, 0.29) is 18.3 Å². The number of hydrogen-bond donors (Lipinski definition) is 2. The van der Waals surface area contributed by atoms with E-state index in [1.807, 2.05) is 0 Å². The van der Waals surface area contributed by atoms with Gasteiger partial charge in [-0.05, 0) is 13.0 Å². The topological polar surface area (TPSA) is 97.5 Å². The van der Waals surface area contributed by atoms with Crippen LogP contribution in [0.3, 0.4) is 0 Å². The van der Waals surface area contributed by atoms with E-state index in [9.17, 15) is 15.2 Å². The van der Waals surface area contributed by atoms with E-state index in [1.165, 1.54) is 18.5 Å². The summed E-state index contributed by atoms with van der Waals surface area (Å²) in [5.41, 5.74) is -0.743. The standard InChI is InChI=1S/C11H15N3O4/c1-8-11(15,3-5-18-8)7-13-9-2-4-12-6-10(9)14(16)17/h2,4,6,8,15H,3,5,7H2,1H3,(H,12,13). The van der Waals surface area contributed by atoms with Crippen LogP contribution in [0.5, 0.6) is 0 Å². The average Bonchev–Trinajstić information content (AvgIpc) is 2.68. The number of ether oxygens (including phenoxy) is 1. The molecule has 1 aromatic heterocycles. The zero-order valence-electron chi connectivity index (χ0n) is 10.00. The van der Waals surface area contributed by atoms with Crippen LogP contribution in [0.25, 0.3) is 0 Å². The van der Waals surface area contributed by atoms with Crippen molar-refractivity contribution in [3.8, 4) is 0 Å². The van der Waals surface area contributed by atoms with Crippen LogP contribution in [-0.2, 0) is 4.74 Å². The SMILES string of the molecule is CC1OCCC1(O)CNc1ccncc1[N+](=O)[O-]. The van der Waals surface area contributed by atoms with Gasteiger partial charge in [0.1, 0.15) is 17.5 Å². The first kappa shape index (κ1) is 12.7. The molecule has 1 saturated heterocycles. The summed E-state index contributed by atoms with van der Waals surface area (Å²) in [6.45, 7) is 2.49. The number of rotatable bonds is 4. The summed E-state index contributed by atoms with van der Waals surface area (Å²) in [5.74, 6) is 0. The van der Waals surface area contributed by atoms with Crippen LogP contribution in [0.15, 0.2) is 18.5 Å². The second kappa shape index (κ2) is 4.87. The molecule has 98 valence electrons. The Morgan fingerprint density at radius 1 is 1.78 bits per heavy atom. The number of pyridine rings is 1. The summed E-state index contributed by atoms with van der Waals surface area (Å²) in [6, 6.07) is 1.52. The molecule has 0 aliphatic carbocycles. The highest BCUT2D eigenvalue weighted by molar-refractivity contribution is 5.59. The zero-order chi connectivity index (χ0) is 13.2. The van der Waals surface area contributed by atoms with Gasteiger partial charge in [-0.3, -0.25) is 15.1 Å². The van der Waals surface area contributed by atoms with E-state index < -0.39 is 10.5 Å². The maximum absolute atomic E-state index is 10.8. The van der Waals surface area contributed by atoms with Crippen molar-refractivity contribution in [3.63, 3.8) is 0 Å². The van der Waals surface area contributed by atoms with E-state index in [4.69, 9.17) is 4.74 Å². The van der Waals surface area contributed by atoms with Crippen molar-refractivity contribution in [2.24, 2.45) is 0 Å². The van der Waals surface area contributed by atoms with Gasteiger partial charge in [0.05, 0.1) is 11.0 Å².